The second-order valence-corrected chi connectivity index (χ2v) is 8.25. The zero-order valence-corrected chi connectivity index (χ0v) is 14.9. The van der Waals surface area contributed by atoms with Gasteiger partial charge in [-0.1, -0.05) is 18.2 Å². The van der Waals surface area contributed by atoms with Crippen molar-refractivity contribution >= 4 is 11.7 Å². The summed E-state index contributed by atoms with van der Waals surface area (Å²) in [6.45, 7) is 0.264. The Morgan fingerprint density at radius 2 is 1.93 bits per heavy atom. The Hall–Kier alpha value is -2.69. The van der Waals surface area contributed by atoms with Gasteiger partial charge in [0.1, 0.15) is 0 Å². The maximum Gasteiger partial charge on any atom is 0.337 e. The van der Waals surface area contributed by atoms with Crippen LogP contribution in [0.25, 0.3) is 0 Å². The quantitative estimate of drug-likeness (QED) is 0.827. The average molecular weight is 363 g/mol. The Labute approximate surface area is 157 Å². The molecule has 2 saturated carbocycles. The summed E-state index contributed by atoms with van der Waals surface area (Å²) >= 11 is 0. The monoisotopic (exact) mass is 363 g/mol. The van der Waals surface area contributed by atoms with Crippen LogP contribution in [0.15, 0.2) is 36.4 Å². The van der Waals surface area contributed by atoms with Crippen LogP contribution in [0.3, 0.4) is 0 Å². The van der Waals surface area contributed by atoms with Crippen molar-refractivity contribution in [1.82, 2.24) is 0 Å². The number of hydrogen-bond donors (Lipinski definition) is 2. The molecule has 0 radical (unpaired) electrons. The summed E-state index contributed by atoms with van der Waals surface area (Å²) in [4.78, 5) is 11.8. The van der Waals surface area contributed by atoms with E-state index in [-0.39, 0.29) is 12.8 Å². The first-order chi connectivity index (χ1) is 13.2. The number of hydrogen-bond acceptors (Lipinski definition) is 4. The smallest absolute Gasteiger partial charge is 0.337 e. The highest BCUT2D eigenvalue weighted by Crippen LogP contribution is 2.64. The maximum absolute atomic E-state index is 11.8. The molecule has 27 heavy (non-hydrogen) atoms. The molecule has 2 aliphatic heterocycles. The van der Waals surface area contributed by atoms with E-state index in [2.05, 4.69) is 23.5 Å². The van der Waals surface area contributed by atoms with Crippen LogP contribution in [0.2, 0.25) is 0 Å². The van der Waals surface area contributed by atoms with Crippen molar-refractivity contribution in [3.8, 4) is 11.5 Å². The summed E-state index contributed by atoms with van der Waals surface area (Å²) < 4.78 is 11.1. The largest absolute Gasteiger partial charge is 0.478 e. The number of rotatable bonds is 2. The molecule has 5 nitrogen and oxygen atoms in total. The minimum atomic E-state index is -0.870. The number of para-hydroxylation sites is 1. The predicted octanol–water partition coefficient (Wildman–Crippen LogP) is 4.41. The lowest BCUT2D eigenvalue weighted by Crippen LogP contribution is -2.36. The zero-order chi connectivity index (χ0) is 18.1. The lowest BCUT2D eigenvalue weighted by molar-refractivity contribution is 0.0697. The highest BCUT2D eigenvalue weighted by molar-refractivity contribution is 5.95. The molecular weight excluding hydrogens is 342 g/mol. The van der Waals surface area contributed by atoms with Crippen molar-refractivity contribution in [3.63, 3.8) is 0 Å². The molecule has 5 atom stereocenters. The fourth-order valence-electron chi connectivity index (χ4n) is 6.13. The number of nitrogens with one attached hydrogen (secondary N) is 1. The van der Waals surface area contributed by atoms with Crippen molar-refractivity contribution in [1.29, 1.82) is 0 Å². The van der Waals surface area contributed by atoms with Crippen LogP contribution in [-0.4, -0.2) is 17.9 Å². The number of fused-ring (bicyclic) bond motifs is 8. The molecule has 4 aliphatic rings. The minimum absolute atomic E-state index is 0.104. The van der Waals surface area contributed by atoms with E-state index in [0.29, 0.717) is 29.2 Å². The van der Waals surface area contributed by atoms with Crippen molar-refractivity contribution < 1.29 is 19.4 Å². The third kappa shape index (κ3) is 2.08. The van der Waals surface area contributed by atoms with Gasteiger partial charge < -0.3 is 19.9 Å². The van der Waals surface area contributed by atoms with Crippen LogP contribution in [0, 0.1) is 17.8 Å². The van der Waals surface area contributed by atoms with E-state index in [1.54, 1.807) is 6.07 Å². The van der Waals surface area contributed by atoms with Crippen molar-refractivity contribution in [2.24, 2.45) is 17.8 Å². The molecule has 5 heteroatoms. The number of carboxylic acid groups (broad SMARTS) is 1. The molecule has 0 saturated heterocycles. The van der Waals surface area contributed by atoms with Gasteiger partial charge in [0.25, 0.3) is 0 Å². The van der Waals surface area contributed by atoms with E-state index in [1.165, 1.54) is 24.8 Å². The van der Waals surface area contributed by atoms with Gasteiger partial charge in [-0.2, -0.15) is 0 Å². The third-order valence-electron chi connectivity index (χ3n) is 7.11. The summed E-state index contributed by atoms with van der Waals surface area (Å²) in [6.07, 6.45) is 3.80. The van der Waals surface area contributed by atoms with E-state index in [9.17, 15) is 9.90 Å². The normalized spacial score (nSPS) is 31.9. The van der Waals surface area contributed by atoms with Crippen molar-refractivity contribution in [3.05, 3.63) is 53.1 Å². The molecule has 2 aliphatic carbocycles. The van der Waals surface area contributed by atoms with Gasteiger partial charge in [0.05, 0.1) is 17.3 Å². The van der Waals surface area contributed by atoms with Gasteiger partial charge in [-0.25, -0.2) is 4.79 Å². The molecule has 0 amide bonds. The highest BCUT2D eigenvalue weighted by Gasteiger charge is 2.54. The maximum atomic E-state index is 11.8. The molecular formula is C22H21NO4. The standard InChI is InChI=1S/C22H21NO4/c24-22(25)15-3-1-2-14-18-11-4-5-12(8-11)19(18)20(23-21(14)15)13-6-7-16-17(9-13)27-10-26-16/h1-3,6-7,9,11-12,18-20,23H,4-5,8,10H2,(H,24,25)/t11-,12+,18-,19-,20+/m0/s1. The number of carbonyl (C=O) groups is 1. The van der Waals surface area contributed by atoms with Crippen LogP contribution < -0.4 is 14.8 Å². The Morgan fingerprint density at radius 1 is 1.07 bits per heavy atom. The molecule has 2 aromatic rings. The average Bonchev–Trinajstić information content (AvgIpc) is 3.42. The van der Waals surface area contributed by atoms with Gasteiger partial charge in [-0.3, -0.25) is 0 Å². The van der Waals surface area contributed by atoms with E-state index in [4.69, 9.17) is 9.47 Å². The second kappa shape index (κ2) is 5.41. The summed E-state index contributed by atoms with van der Waals surface area (Å²) in [5, 5.41) is 13.4. The molecule has 0 unspecified atom stereocenters. The first kappa shape index (κ1) is 15.4. The Morgan fingerprint density at radius 3 is 2.81 bits per heavy atom. The lowest BCUT2D eigenvalue weighted by atomic mass is 9.67. The van der Waals surface area contributed by atoms with E-state index >= 15 is 0 Å². The number of benzene rings is 2. The van der Waals surface area contributed by atoms with Crippen molar-refractivity contribution in [2.45, 2.75) is 31.2 Å². The van der Waals surface area contributed by atoms with Gasteiger partial charge in [-0.15, -0.1) is 0 Å². The Balaban J connectivity index is 1.51. The Bertz CT molecular complexity index is 955. The third-order valence-corrected chi connectivity index (χ3v) is 7.11. The topological polar surface area (TPSA) is 67.8 Å². The number of carboxylic acids is 1. The highest BCUT2D eigenvalue weighted by atomic mass is 16.7. The summed E-state index contributed by atoms with van der Waals surface area (Å²) in [5.41, 5.74) is 3.54. The molecule has 2 N–H and O–H groups in total. The first-order valence-electron chi connectivity index (χ1n) is 9.73. The Kier molecular flexibility index (Phi) is 3.08. The second-order valence-electron chi connectivity index (χ2n) is 8.25. The summed E-state index contributed by atoms with van der Waals surface area (Å²) in [5.74, 6) is 3.00. The van der Waals surface area contributed by atoms with Crippen LogP contribution >= 0.6 is 0 Å². The molecule has 6 rings (SSSR count). The molecule has 2 heterocycles. The van der Waals surface area contributed by atoms with Gasteiger partial charge in [0.15, 0.2) is 11.5 Å². The van der Waals surface area contributed by atoms with Crippen LogP contribution in [-0.2, 0) is 0 Å². The fourth-order valence-corrected chi connectivity index (χ4v) is 6.13. The first-order valence-corrected chi connectivity index (χ1v) is 9.73. The van der Waals surface area contributed by atoms with Crippen LogP contribution in [0.1, 0.15) is 52.7 Å². The molecule has 2 bridgehead atoms. The molecule has 138 valence electrons. The van der Waals surface area contributed by atoms with Gasteiger partial charge >= 0.3 is 5.97 Å². The summed E-state index contributed by atoms with van der Waals surface area (Å²) in [7, 11) is 0. The van der Waals surface area contributed by atoms with E-state index in [1.807, 2.05) is 12.1 Å². The van der Waals surface area contributed by atoms with E-state index in [0.717, 1.165) is 22.7 Å². The molecule has 0 spiro atoms. The summed E-state index contributed by atoms with van der Waals surface area (Å²) in [6, 6.07) is 12.0. The minimum Gasteiger partial charge on any atom is -0.478 e. The molecule has 2 aromatic carbocycles. The predicted molar refractivity (Wildman–Crippen MR) is 99.4 cm³/mol. The number of ether oxygens (including phenoxy) is 2. The SMILES string of the molecule is O=C(O)c1cccc2c1N[C@H](c1ccc3c(c1)OCO3)[C@H]1[C@@H]3CC[C@@H](C3)[C@@H]21. The zero-order valence-electron chi connectivity index (χ0n) is 14.9. The van der Waals surface area contributed by atoms with Crippen LogP contribution in [0.4, 0.5) is 5.69 Å². The van der Waals surface area contributed by atoms with Gasteiger partial charge in [0, 0.05) is 0 Å². The molecule has 0 aromatic heterocycles. The van der Waals surface area contributed by atoms with Gasteiger partial charge in [-0.05, 0) is 72.3 Å². The molecule has 2 fully saturated rings. The van der Waals surface area contributed by atoms with Crippen molar-refractivity contribution in [2.75, 3.05) is 12.1 Å². The van der Waals surface area contributed by atoms with Gasteiger partial charge in [0.2, 0.25) is 6.79 Å². The van der Waals surface area contributed by atoms with E-state index < -0.39 is 5.97 Å². The number of anilines is 1. The number of aromatic carboxylic acids is 1. The van der Waals surface area contributed by atoms with Crippen LogP contribution in [0.5, 0.6) is 11.5 Å². The fraction of sp³-hybridized carbons (Fsp3) is 0.409. The lowest BCUT2D eigenvalue weighted by Gasteiger charge is -2.44.